The van der Waals surface area contributed by atoms with Crippen LogP contribution < -0.4 is 5.32 Å². The van der Waals surface area contributed by atoms with Crippen LogP contribution in [0.4, 0.5) is 0 Å². The molecule has 0 aliphatic heterocycles. The molecule has 0 bridgehead atoms. The summed E-state index contributed by atoms with van der Waals surface area (Å²) in [4.78, 5) is 10.8. The zero-order chi connectivity index (χ0) is 14.1. The number of imidazole rings is 1. The molecule has 21 heavy (non-hydrogen) atoms. The molecule has 4 nitrogen and oxygen atoms in total. The fraction of sp³-hybridized carbons (Fsp3) is 0.353. The topological polar surface area (TPSA) is 56.5 Å². The van der Waals surface area contributed by atoms with Gasteiger partial charge in [-0.2, -0.15) is 0 Å². The van der Waals surface area contributed by atoms with Crippen molar-refractivity contribution in [3.63, 3.8) is 0 Å². The van der Waals surface area contributed by atoms with E-state index in [1.807, 2.05) is 6.20 Å². The highest BCUT2D eigenvalue weighted by Crippen LogP contribution is 2.34. The molecule has 0 saturated heterocycles. The number of benzene rings is 1. The predicted molar refractivity (Wildman–Crippen MR) is 84.3 cm³/mol. The van der Waals surface area contributed by atoms with Gasteiger partial charge >= 0.3 is 0 Å². The van der Waals surface area contributed by atoms with Crippen LogP contribution in [0.5, 0.6) is 0 Å². The molecule has 0 fully saturated rings. The first kappa shape index (κ1) is 12.7. The number of hydrogen-bond donors (Lipinski definition) is 3. The highest BCUT2D eigenvalue weighted by molar-refractivity contribution is 5.85. The zero-order valence-corrected chi connectivity index (χ0v) is 12.0. The SMILES string of the molecule is c1ccc2c3c([nH]c2c1)C(NCCc1cnc[nH]1)CCC3. The van der Waals surface area contributed by atoms with E-state index in [9.17, 15) is 0 Å². The lowest BCUT2D eigenvalue weighted by Gasteiger charge is -2.23. The van der Waals surface area contributed by atoms with Crippen LogP contribution in [0.15, 0.2) is 36.8 Å². The maximum Gasteiger partial charge on any atom is 0.0921 e. The van der Waals surface area contributed by atoms with E-state index in [1.54, 1.807) is 6.33 Å². The third-order valence-electron chi connectivity index (χ3n) is 4.45. The van der Waals surface area contributed by atoms with Gasteiger partial charge in [0, 0.05) is 47.5 Å². The summed E-state index contributed by atoms with van der Waals surface area (Å²) in [5.41, 5.74) is 5.36. The van der Waals surface area contributed by atoms with E-state index >= 15 is 0 Å². The third kappa shape index (κ3) is 2.36. The Morgan fingerprint density at radius 1 is 1.29 bits per heavy atom. The van der Waals surface area contributed by atoms with Crippen LogP contribution in [-0.2, 0) is 12.8 Å². The smallest absolute Gasteiger partial charge is 0.0921 e. The second-order valence-electron chi connectivity index (χ2n) is 5.79. The van der Waals surface area contributed by atoms with Crippen molar-refractivity contribution in [2.45, 2.75) is 31.7 Å². The van der Waals surface area contributed by atoms with Gasteiger partial charge in [-0.05, 0) is 30.9 Å². The highest BCUT2D eigenvalue weighted by Gasteiger charge is 2.23. The van der Waals surface area contributed by atoms with Gasteiger partial charge in [-0.15, -0.1) is 0 Å². The average molecular weight is 280 g/mol. The van der Waals surface area contributed by atoms with E-state index in [0.717, 1.165) is 13.0 Å². The zero-order valence-electron chi connectivity index (χ0n) is 12.0. The average Bonchev–Trinajstić information content (AvgIpc) is 3.15. The second-order valence-corrected chi connectivity index (χ2v) is 5.79. The van der Waals surface area contributed by atoms with Gasteiger partial charge in [0.1, 0.15) is 0 Å². The van der Waals surface area contributed by atoms with Crippen molar-refractivity contribution in [2.24, 2.45) is 0 Å². The Morgan fingerprint density at radius 2 is 2.24 bits per heavy atom. The van der Waals surface area contributed by atoms with Gasteiger partial charge in [-0.1, -0.05) is 18.2 Å². The number of H-pyrrole nitrogens is 2. The number of nitrogens with zero attached hydrogens (tertiary/aromatic N) is 1. The maximum atomic E-state index is 4.06. The van der Waals surface area contributed by atoms with E-state index in [4.69, 9.17) is 0 Å². The summed E-state index contributed by atoms with van der Waals surface area (Å²) in [5.74, 6) is 0. The quantitative estimate of drug-likeness (QED) is 0.688. The van der Waals surface area contributed by atoms with Gasteiger partial charge in [-0.3, -0.25) is 0 Å². The van der Waals surface area contributed by atoms with E-state index in [0.29, 0.717) is 6.04 Å². The van der Waals surface area contributed by atoms with Crippen LogP contribution in [0.1, 0.15) is 35.8 Å². The lowest BCUT2D eigenvalue weighted by molar-refractivity contribution is 0.455. The fourth-order valence-corrected chi connectivity index (χ4v) is 3.42. The van der Waals surface area contributed by atoms with Crippen LogP contribution >= 0.6 is 0 Å². The molecule has 0 saturated carbocycles. The summed E-state index contributed by atoms with van der Waals surface area (Å²) in [6.07, 6.45) is 8.30. The number of para-hydroxylation sites is 1. The van der Waals surface area contributed by atoms with Crippen LogP contribution in [0.3, 0.4) is 0 Å². The van der Waals surface area contributed by atoms with Crippen LogP contribution in [0.25, 0.3) is 10.9 Å². The molecule has 0 radical (unpaired) electrons. The van der Waals surface area contributed by atoms with Crippen LogP contribution in [0, 0.1) is 0 Å². The van der Waals surface area contributed by atoms with Gasteiger partial charge in [0.2, 0.25) is 0 Å². The Balaban J connectivity index is 1.53. The van der Waals surface area contributed by atoms with Crippen molar-refractivity contribution in [1.29, 1.82) is 0 Å². The Kier molecular flexibility index (Phi) is 3.24. The molecule has 2 aromatic heterocycles. The minimum atomic E-state index is 0.448. The lowest BCUT2D eigenvalue weighted by atomic mass is 9.91. The number of aromatic amines is 2. The molecule has 1 aliphatic rings. The summed E-state index contributed by atoms with van der Waals surface area (Å²) >= 11 is 0. The van der Waals surface area contributed by atoms with Gasteiger partial charge in [0.25, 0.3) is 0 Å². The largest absolute Gasteiger partial charge is 0.357 e. The minimum absolute atomic E-state index is 0.448. The number of nitrogens with one attached hydrogen (secondary N) is 3. The normalized spacial score (nSPS) is 18.0. The fourth-order valence-electron chi connectivity index (χ4n) is 3.42. The van der Waals surface area contributed by atoms with Crippen molar-refractivity contribution in [1.82, 2.24) is 20.3 Å². The summed E-state index contributed by atoms with van der Waals surface area (Å²) in [5, 5.41) is 5.09. The summed E-state index contributed by atoms with van der Waals surface area (Å²) in [6.45, 7) is 0.974. The first-order valence-corrected chi connectivity index (χ1v) is 7.72. The van der Waals surface area contributed by atoms with Gasteiger partial charge in [-0.25, -0.2) is 4.98 Å². The Morgan fingerprint density at radius 3 is 3.14 bits per heavy atom. The monoisotopic (exact) mass is 280 g/mol. The van der Waals surface area contributed by atoms with E-state index in [2.05, 4.69) is 44.5 Å². The summed E-state index contributed by atoms with van der Waals surface area (Å²) in [7, 11) is 0. The van der Waals surface area contributed by atoms with Crippen molar-refractivity contribution in [3.05, 3.63) is 53.7 Å². The summed E-state index contributed by atoms with van der Waals surface area (Å²) < 4.78 is 0. The molecule has 1 aliphatic carbocycles. The van der Waals surface area contributed by atoms with Crippen molar-refractivity contribution in [2.75, 3.05) is 6.54 Å². The molecule has 1 unspecified atom stereocenters. The molecular weight excluding hydrogens is 260 g/mol. The molecule has 2 heterocycles. The van der Waals surface area contributed by atoms with Crippen LogP contribution in [0.2, 0.25) is 0 Å². The van der Waals surface area contributed by atoms with Gasteiger partial charge in [0.05, 0.1) is 6.33 Å². The first-order chi connectivity index (χ1) is 10.4. The Bertz CT molecular complexity index is 726. The molecule has 4 rings (SSSR count). The molecular formula is C17H20N4. The maximum absolute atomic E-state index is 4.06. The number of hydrogen-bond acceptors (Lipinski definition) is 2. The van der Waals surface area contributed by atoms with Crippen LogP contribution in [-0.4, -0.2) is 21.5 Å². The molecule has 4 heteroatoms. The number of rotatable bonds is 4. The van der Waals surface area contributed by atoms with E-state index in [1.165, 1.54) is 47.1 Å². The molecule has 3 N–H and O–H groups in total. The number of fused-ring (bicyclic) bond motifs is 3. The molecule has 0 amide bonds. The molecule has 3 aromatic rings. The Labute approximate surface area is 124 Å². The lowest BCUT2D eigenvalue weighted by Crippen LogP contribution is -2.27. The standard InChI is InChI=1S/C17H20N4/c1-2-6-15-13(4-1)14-5-3-7-16(17(14)21-15)19-9-8-12-10-18-11-20-12/h1-2,4,6,10-11,16,19,21H,3,5,7-9H2,(H,18,20). The first-order valence-electron chi connectivity index (χ1n) is 7.72. The Hall–Kier alpha value is -2.07. The molecule has 108 valence electrons. The number of aromatic nitrogens is 3. The highest BCUT2D eigenvalue weighted by atomic mass is 15.0. The molecule has 0 spiro atoms. The molecule has 1 aromatic carbocycles. The second kappa shape index (κ2) is 5.37. The molecule has 1 atom stereocenters. The van der Waals surface area contributed by atoms with E-state index in [-0.39, 0.29) is 0 Å². The van der Waals surface area contributed by atoms with E-state index < -0.39 is 0 Å². The van der Waals surface area contributed by atoms with Gasteiger partial charge in [0.15, 0.2) is 0 Å². The van der Waals surface area contributed by atoms with Crippen molar-refractivity contribution < 1.29 is 0 Å². The predicted octanol–water partition coefficient (Wildman–Crippen LogP) is 3.10. The van der Waals surface area contributed by atoms with Crippen molar-refractivity contribution >= 4 is 10.9 Å². The summed E-state index contributed by atoms with van der Waals surface area (Å²) in [6, 6.07) is 9.09. The minimum Gasteiger partial charge on any atom is -0.357 e. The van der Waals surface area contributed by atoms with Crippen molar-refractivity contribution in [3.8, 4) is 0 Å². The van der Waals surface area contributed by atoms with Gasteiger partial charge < -0.3 is 15.3 Å². The number of aryl methyl sites for hydroxylation is 1. The third-order valence-corrected chi connectivity index (χ3v) is 4.45.